The molecule has 2 unspecified atom stereocenters. The van der Waals surface area contributed by atoms with E-state index in [0.29, 0.717) is 23.7 Å². The van der Waals surface area contributed by atoms with Crippen molar-refractivity contribution in [1.82, 2.24) is 25.4 Å². The summed E-state index contributed by atoms with van der Waals surface area (Å²) < 4.78 is 1.71. The van der Waals surface area contributed by atoms with Crippen LogP contribution in [0.15, 0.2) is 12.4 Å². The second-order valence-corrected chi connectivity index (χ2v) is 6.53. The topological polar surface area (TPSA) is 92.1 Å². The molecule has 1 saturated heterocycles. The van der Waals surface area contributed by atoms with Crippen LogP contribution in [-0.2, 0) is 7.05 Å². The van der Waals surface area contributed by atoms with E-state index in [4.69, 9.17) is 0 Å². The SMILES string of the molecule is Cc1nc(-c2cnn(C)c2)sc1C(=O)NCC1CNCC1O.Cl.Cl. The van der Waals surface area contributed by atoms with Gasteiger partial charge in [-0.15, -0.1) is 36.2 Å². The second kappa shape index (κ2) is 8.77. The third kappa shape index (κ3) is 4.46. The van der Waals surface area contributed by atoms with Crippen LogP contribution in [0, 0.1) is 12.8 Å². The molecule has 3 heterocycles. The standard InChI is InChI=1S/C14H19N5O2S.2ClH/c1-8-12(13(21)16-4-9-3-15-6-11(9)20)22-14(18-8)10-5-17-19(2)7-10;;/h5,7,9,11,15,20H,3-4,6H2,1-2H3,(H,16,21);2*1H. The fourth-order valence-electron chi connectivity index (χ4n) is 2.49. The van der Waals surface area contributed by atoms with Crippen molar-refractivity contribution in [3.8, 4) is 10.6 Å². The Labute approximate surface area is 156 Å². The van der Waals surface area contributed by atoms with Crippen LogP contribution < -0.4 is 10.6 Å². The van der Waals surface area contributed by atoms with Gasteiger partial charge in [-0.3, -0.25) is 9.48 Å². The van der Waals surface area contributed by atoms with Crippen LogP contribution in [0.4, 0.5) is 0 Å². The minimum absolute atomic E-state index is 0. The van der Waals surface area contributed by atoms with Gasteiger partial charge in [0.05, 0.1) is 18.0 Å². The fraction of sp³-hybridized carbons (Fsp3) is 0.500. The minimum Gasteiger partial charge on any atom is -0.391 e. The summed E-state index contributed by atoms with van der Waals surface area (Å²) in [5, 5.41) is 20.7. The molecule has 1 amide bonds. The van der Waals surface area contributed by atoms with Gasteiger partial charge in [-0.05, 0) is 6.92 Å². The number of aliphatic hydroxyl groups is 1. The maximum absolute atomic E-state index is 12.3. The Morgan fingerprint density at radius 1 is 1.50 bits per heavy atom. The quantitative estimate of drug-likeness (QED) is 0.720. The molecule has 1 aliphatic rings. The van der Waals surface area contributed by atoms with Crippen molar-refractivity contribution < 1.29 is 9.90 Å². The van der Waals surface area contributed by atoms with Gasteiger partial charge in [0.1, 0.15) is 9.88 Å². The number of aromatic nitrogens is 3. The summed E-state index contributed by atoms with van der Waals surface area (Å²) in [4.78, 5) is 17.4. The summed E-state index contributed by atoms with van der Waals surface area (Å²) in [7, 11) is 1.85. The van der Waals surface area contributed by atoms with Gasteiger partial charge in [-0.25, -0.2) is 4.98 Å². The molecule has 1 fully saturated rings. The highest BCUT2D eigenvalue weighted by molar-refractivity contribution is 7.17. The van der Waals surface area contributed by atoms with Crippen LogP contribution in [0.3, 0.4) is 0 Å². The lowest BCUT2D eigenvalue weighted by Gasteiger charge is -2.13. The fourth-order valence-corrected chi connectivity index (χ4v) is 3.45. The van der Waals surface area contributed by atoms with Crippen molar-refractivity contribution in [2.45, 2.75) is 13.0 Å². The maximum atomic E-state index is 12.3. The molecule has 3 rings (SSSR count). The average molecular weight is 394 g/mol. The van der Waals surface area contributed by atoms with Crippen molar-refractivity contribution >= 4 is 42.1 Å². The van der Waals surface area contributed by atoms with Gasteiger partial charge in [0.2, 0.25) is 0 Å². The first-order valence-corrected chi connectivity index (χ1v) is 7.99. The molecular weight excluding hydrogens is 373 g/mol. The van der Waals surface area contributed by atoms with E-state index in [1.165, 1.54) is 11.3 Å². The zero-order valence-electron chi connectivity index (χ0n) is 13.4. The number of hydrogen-bond acceptors (Lipinski definition) is 6. The van der Waals surface area contributed by atoms with Gasteiger partial charge >= 0.3 is 0 Å². The van der Waals surface area contributed by atoms with Crippen LogP contribution in [0.5, 0.6) is 0 Å². The Balaban J connectivity index is 0.00000144. The minimum atomic E-state index is -0.395. The lowest BCUT2D eigenvalue weighted by molar-refractivity contribution is 0.0930. The van der Waals surface area contributed by atoms with E-state index >= 15 is 0 Å². The van der Waals surface area contributed by atoms with E-state index in [2.05, 4.69) is 20.7 Å². The van der Waals surface area contributed by atoms with E-state index in [0.717, 1.165) is 17.1 Å². The first-order valence-electron chi connectivity index (χ1n) is 7.18. The van der Waals surface area contributed by atoms with E-state index in [1.807, 2.05) is 20.2 Å². The monoisotopic (exact) mass is 393 g/mol. The first kappa shape index (κ1) is 20.9. The first-order chi connectivity index (χ1) is 10.5. The molecule has 3 N–H and O–H groups in total. The summed E-state index contributed by atoms with van der Waals surface area (Å²) in [6.07, 6.45) is 3.22. The summed E-state index contributed by atoms with van der Waals surface area (Å²) >= 11 is 1.36. The van der Waals surface area contributed by atoms with Crippen LogP contribution in [-0.4, -0.2) is 51.5 Å². The smallest absolute Gasteiger partial charge is 0.263 e. The van der Waals surface area contributed by atoms with Crippen molar-refractivity contribution in [3.05, 3.63) is 23.0 Å². The van der Waals surface area contributed by atoms with Crippen LogP contribution in [0.1, 0.15) is 15.4 Å². The molecule has 134 valence electrons. The highest BCUT2D eigenvalue weighted by Crippen LogP contribution is 2.27. The van der Waals surface area contributed by atoms with Crippen LogP contribution >= 0.6 is 36.2 Å². The molecule has 2 atom stereocenters. The number of aliphatic hydroxyl groups excluding tert-OH is 1. The highest BCUT2D eigenvalue weighted by atomic mass is 35.5. The molecule has 10 heteroatoms. The van der Waals surface area contributed by atoms with E-state index in [1.54, 1.807) is 10.9 Å². The van der Waals surface area contributed by atoms with Crippen molar-refractivity contribution in [2.75, 3.05) is 19.6 Å². The largest absolute Gasteiger partial charge is 0.391 e. The Hall–Kier alpha value is -1.19. The predicted molar refractivity (Wildman–Crippen MR) is 98.2 cm³/mol. The normalized spacial score (nSPS) is 19.5. The Bertz CT molecular complexity index is 691. The van der Waals surface area contributed by atoms with Gasteiger partial charge in [-0.1, -0.05) is 0 Å². The van der Waals surface area contributed by atoms with Crippen LogP contribution in [0.25, 0.3) is 10.6 Å². The maximum Gasteiger partial charge on any atom is 0.263 e. The molecule has 2 aromatic heterocycles. The third-order valence-electron chi connectivity index (χ3n) is 3.78. The average Bonchev–Trinajstić information content (AvgIpc) is 3.17. The summed E-state index contributed by atoms with van der Waals surface area (Å²) in [5.74, 6) is -0.0702. The van der Waals surface area contributed by atoms with Crippen LogP contribution in [0.2, 0.25) is 0 Å². The van der Waals surface area contributed by atoms with Gasteiger partial charge < -0.3 is 15.7 Å². The number of aryl methyl sites for hydroxylation is 2. The Morgan fingerprint density at radius 2 is 2.25 bits per heavy atom. The van der Waals surface area contributed by atoms with Gasteiger partial charge in [-0.2, -0.15) is 5.10 Å². The molecule has 7 nitrogen and oxygen atoms in total. The summed E-state index contributed by atoms with van der Waals surface area (Å²) in [6.45, 7) is 3.61. The molecular formula is C14H21Cl2N5O2S. The Morgan fingerprint density at radius 3 is 2.83 bits per heavy atom. The van der Waals surface area contributed by atoms with E-state index in [9.17, 15) is 9.90 Å². The number of thiazole rings is 1. The molecule has 0 spiro atoms. The number of amides is 1. The highest BCUT2D eigenvalue weighted by Gasteiger charge is 2.26. The number of nitrogens with one attached hydrogen (secondary N) is 2. The van der Waals surface area contributed by atoms with E-state index < -0.39 is 6.10 Å². The summed E-state index contributed by atoms with van der Waals surface area (Å²) in [5.41, 5.74) is 1.62. The number of hydrogen-bond donors (Lipinski definition) is 3. The molecule has 0 aromatic carbocycles. The van der Waals surface area contributed by atoms with Crippen molar-refractivity contribution in [3.63, 3.8) is 0 Å². The molecule has 0 radical (unpaired) electrons. The second-order valence-electron chi connectivity index (χ2n) is 5.53. The lowest BCUT2D eigenvalue weighted by atomic mass is 10.1. The molecule has 0 aliphatic carbocycles. The zero-order valence-corrected chi connectivity index (χ0v) is 15.8. The number of carbonyl (C=O) groups excluding carboxylic acids is 1. The zero-order chi connectivity index (χ0) is 15.7. The van der Waals surface area contributed by atoms with Crippen molar-refractivity contribution in [1.29, 1.82) is 0 Å². The number of halogens is 2. The molecule has 24 heavy (non-hydrogen) atoms. The number of nitrogens with zero attached hydrogens (tertiary/aromatic N) is 3. The lowest BCUT2D eigenvalue weighted by Crippen LogP contribution is -2.34. The molecule has 0 saturated carbocycles. The van der Waals surface area contributed by atoms with Gasteiger partial charge in [0.15, 0.2) is 0 Å². The predicted octanol–water partition coefficient (Wildman–Crippen LogP) is 1.01. The summed E-state index contributed by atoms with van der Waals surface area (Å²) in [6, 6.07) is 0. The third-order valence-corrected chi connectivity index (χ3v) is 4.99. The van der Waals surface area contributed by atoms with Gasteiger partial charge in [0, 0.05) is 44.4 Å². The van der Waals surface area contributed by atoms with Gasteiger partial charge in [0.25, 0.3) is 5.91 Å². The van der Waals surface area contributed by atoms with E-state index in [-0.39, 0.29) is 36.6 Å². The molecule has 2 aromatic rings. The molecule has 0 bridgehead atoms. The molecule has 1 aliphatic heterocycles. The Kier molecular flexibility index (Phi) is 7.62. The number of carbonyl (C=O) groups is 1. The number of rotatable bonds is 4. The number of β-amino-alcohol motifs (C(OH)–C–C–N with tert-alkyl or cyclic N) is 1. The van der Waals surface area contributed by atoms with Crippen molar-refractivity contribution in [2.24, 2.45) is 13.0 Å².